The lowest BCUT2D eigenvalue weighted by Crippen LogP contribution is -2.24. The SMILES string of the molecule is CCOc1cccc(C(=O)CC2CCCN2)c1. The monoisotopic (exact) mass is 233 g/mol. The lowest BCUT2D eigenvalue weighted by atomic mass is 10.0. The Morgan fingerprint density at radius 1 is 1.53 bits per heavy atom. The van der Waals surface area contributed by atoms with Crippen molar-refractivity contribution in [3.8, 4) is 5.75 Å². The standard InChI is InChI=1S/C14H19NO2/c1-2-17-13-7-3-5-11(9-13)14(16)10-12-6-4-8-15-12/h3,5,7,9,12,15H,2,4,6,8,10H2,1H3. The summed E-state index contributed by atoms with van der Waals surface area (Å²) in [5.74, 6) is 0.976. The van der Waals surface area contributed by atoms with Crippen LogP contribution in [0.2, 0.25) is 0 Å². The molecule has 1 aliphatic rings. The normalized spacial score (nSPS) is 19.2. The zero-order valence-electron chi connectivity index (χ0n) is 10.2. The van der Waals surface area contributed by atoms with E-state index in [-0.39, 0.29) is 5.78 Å². The molecule has 1 saturated heterocycles. The summed E-state index contributed by atoms with van der Waals surface area (Å²) in [7, 11) is 0. The molecule has 1 heterocycles. The van der Waals surface area contributed by atoms with E-state index in [0.717, 1.165) is 24.3 Å². The molecule has 17 heavy (non-hydrogen) atoms. The molecule has 1 aliphatic heterocycles. The van der Waals surface area contributed by atoms with Gasteiger partial charge in [-0.3, -0.25) is 4.79 Å². The lowest BCUT2D eigenvalue weighted by Gasteiger charge is -2.10. The largest absolute Gasteiger partial charge is 0.494 e. The summed E-state index contributed by atoms with van der Waals surface area (Å²) in [6.45, 7) is 3.61. The molecular weight excluding hydrogens is 214 g/mol. The van der Waals surface area contributed by atoms with E-state index in [2.05, 4.69) is 5.32 Å². The third-order valence-corrected chi connectivity index (χ3v) is 3.06. The molecule has 0 radical (unpaired) electrons. The lowest BCUT2D eigenvalue weighted by molar-refractivity contribution is 0.0971. The molecule has 1 unspecified atom stereocenters. The maximum Gasteiger partial charge on any atom is 0.164 e. The first kappa shape index (κ1) is 12.1. The van der Waals surface area contributed by atoms with Crippen LogP contribution in [-0.4, -0.2) is 25.0 Å². The number of carbonyl (C=O) groups is 1. The van der Waals surface area contributed by atoms with Crippen LogP contribution in [0.15, 0.2) is 24.3 Å². The maximum absolute atomic E-state index is 12.1. The average Bonchev–Trinajstić information content (AvgIpc) is 2.83. The van der Waals surface area contributed by atoms with Crippen molar-refractivity contribution in [2.45, 2.75) is 32.2 Å². The fourth-order valence-electron chi connectivity index (χ4n) is 2.20. The van der Waals surface area contributed by atoms with Crippen LogP contribution in [0.4, 0.5) is 0 Å². The van der Waals surface area contributed by atoms with Gasteiger partial charge in [0.25, 0.3) is 0 Å². The maximum atomic E-state index is 12.1. The summed E-state index contributed by atoms with van der Waals surface area (Å²) < 4.78 is 5.40. The van der Waals surface area contributed by atoms with Crippen molar-refractivity contribution in [3.63, 3.8) is 0 Å². The third kappa shape index (κ3) is 3.30. The van der Waals surface area contributed by atoms with Crippen molar-refractivity contribution in [3.05, 3.63) is 29.8 Å². The first-order chi connectivity index (χ1) is 8.29. The summed E-state index contributed by atoms with van der Waals surface area (Å²) in [5.41, 5.74) is 0.754. The molecule has 1 aromatic carbocycles. The van der Waals surface area contributed by atoms with Gasteiger partial charge in [0.15, 0.2) is 5.78 Å². The predicted octanol–water partition coefficient (Wildman–Crippen LogP) is 2.41. The van der Waals surface area contributed by atoms with E-state index >= 15 is 0 Å². The van der Waals surface area contributed by atoms with E-state index < -0.39 is 0 Å². The minimum absolute atomic E-state index is 0.200. The van der Waals surface area contributed by atoms with Gasteiger partial charge in [-0.1, -0.05) is 12.1 Å². The molecular formula is C14H19NO2. The van der Waals surface area contributed by atoms with Crippen LogP contribution in [0.3, 0.4) is 0 Å². The number of benzene rings is 1. The zero-order valence-corrected chi connectivity index (χ0v) is 10.2. The highest BCUT2D eigenvalue weighted by Crippen LogP contribution is 2.17. The van der Waals surface area contributed by atoms with Gasteiger partial charge in [-0.05, 0) is 38.4 Å². The third-order valence-electron chi connectivity index (χ3n) is 3.06. The smallest absolute Gasteiger partial charge is 0.164 e. The van der Waals surface area contributed by atoms with Gasteiger partial charge in [-0.25, -0.2) is 0 Å². The number of ether oxygens (including phenoxy) is 1. The molecule has 0 amide bonds. The van der Waals surface area contributed by atoms with Crippen LogP contribution in [-0.2, 0) is 0 Å². The highest BCUT2D eigenvalue weighted by atomic mass is 16.5. The van der Waals surface area contributed by atoms with Crippen molar-refractivity contribution in [2.75, 3.05) is 13.2 Å². The Morgan fingerprint density at radius 2 is 2.41 bits per heavy atom. The van der Waals surface area contributed by atoms with Crippen LogP contribution in [0.5, 0.6) is 5.75 Å². The molecule has 92 valence electrons. The quantitative estimate of drug-likeness (QED) is 0.794. The molecule has 0 aliphatic carbocycles. The second-order valence-corrected chi connectivity index (χ2v) is 4.38. The predicted molar refractivity (Wildman–Crippen MR) is 67.6 cm³/mol. The van der Waals surface area contributed by atoms with E-state index in [9.17, 15) is 4.79 Å². The molecule has 0 spiro atoms. The van der Waals surface area contributed by atoms with Gasteiger partial charge in [-0.2, -0.15) is 0 Å². The van der Waals surface area contributed by atoms with Crippen molar-refractivity contribution >= 4 is 5.78 Å². The molecule has 3 nitrogen and oxygen atoms in total. The molecule has 1 N–H and O–H groups in total. The number of nitrogens with one attached hydrogen (secondary N) is 1. The number of hydrogen-bond acceptors (Lipinski definition) is 3. The summed E-state index contributed by atoms with van der Waals surface area (Å²) in [6, 6.07) is 7.81. The minimum atomic E-state index is 0.200. The van der Waals surface area contributed by atoms with Gasteiger partial charge in [0.2, 0.25) is 0 Å². The Balaban J connectivity index is 1.99. The molecule has 2 rings (SSSR count). The Bertz CT molecular complexity index is 384. The molecule has 0 bridgehead atoms. The number of Topliss-reactive ketones (excluding diaryl/α,β-unsaturated/α-hetero) is 1. The van der Waals surface area contributed by atoms with Crippen LogP contribution in [0.1, 0.15) is 36.5 Å². The number of hydrogen-bond donors (Lipinski definition) is 1. The highest BCUT2D eigenvalue weighted by Gasteiger charge is 2.18. The van der Waals surface area contributed by atoms with Gasteiger partial charge in [0, 0.05) is 18.0 Å². The van der Waals surface area contributed by atoms with E-state index in [1.165, 1.54) is 6.42 Å². The van der Waals surface area contributed by atoms with Gasteiger partial charge in [0.05, 0.1) is 6.61 Å². The van der Waals surface area contributed by atoms with Crippen LogP contribution in [0.25, 0.3) is 0 Å². The Kier molecular flexibility index (Phi) is 4.15. The molecule has 1 aromatic rings. The van der Waals surface area contributed by atoms with Crippen LogP contribution < -0.4 is 10.1 Å². The zero-order chi connectivity index (χ0) is 12.1. The van der Waals surface area contributed by atoms with E-state index in [1.807, 2.05) is 31.2 Å². The highest BCUT2D eigenvalue weighted by molar-refractivity contribution is 5.96. The van der Waals surface area contributed by atoms with Crippen molar-refractivity contribution in [2.24, 2.45) is 0 Å². The van der Waals surface area contributed by atoms with Gasteiger partial charge in [0.1, 0.15) is 5.75 Å². The molecule has 1 fully saturated rings. The van der Waals surface area contributed by atoms with E-state index in [4.69, 9.17) is 4.74 Å². The fourth-order valence-corrected chi connectivity index (χ4v) is 2.20. The number of carbonyl (C=O) groups excluding carboxylic acids is 1. The summed E-state index contributed by atoms with van der Waals surface area (Å²) >= 11 is 0. The Morgan fingerprint density at radius 3 is 3.12 bits per heavy atom. The summed E-state index contributed by atoms with van der Waals surface area (Å²) in [5, 5.41) is 3.34. The fraction of sp³-hybridized carbons (Fsp3) is 0.500. The first-order valence-electron chi connectivity index (χ1n) is 6.29. The summed E-state index contributed by atoms with van der Waals surface area (Å²) in [6.07, 6.45) is 2.88. The minimum Gasteiger partial charge on any atom is -0.494 e. The van der Waals surface area contributed by atoms with Gasteiger partial charge in [-0.15, -0.1) is 0 Å². The summed E-state index contributed by atoms with van der Waals surface area (Å²) in [4.78, 5) is 12.1. The Labute approximate surface area is 102 Å². The number of ketones is 1. The van der Waals surface area contributed by atoms with E-state index in [1.54, 1.807) is 0 Å². The molecule has 3 heteroatoms. The average molecular weight is 233 g/mol. The molecule has 0 saturated carbocycles. The van der Waals surface area contributed by atoms with Gasteiger partial charge >= 0.3 is 0 Å². The second-order valence-electron chi connectivity index (χ2n) is 4.38. The van der Waals surface area contributed by atoms with Crippen molar-refractivity contribution in [1.82, 2.24) is 5.32 Å². The second kappa shape index (κ2) is 5.82. The molecule has 0 aromatic heterocycles. The van der Waals surface area contributed by atoms with Crippen molar-refractivity contribution < 1.29 is 9.53 Å². The first-order valence-corrected chi connectivity index (χ1v) is 6.29. The Hall–Kier alpha value is -1.35. The molecule has 1 atom stereocenters. The van der Waals surface area contributed by atoms with Crippen molar-refractivity contribution in [1.29, 1.82) is 0 Å². The van der Waals surface area contributed by atoms with E-state index in [0.29, 0.717) is 19.1 Å². The topological polar surface area (TPSA) is 38.3 Å². The van der Waals surface area contributed by atoms with Gasteiger partial charge < -0.3 is 10.1 Å². The van der Waals surface area contributed by atoms with Crippen LogP contribution in [0, 0.1) is 0 Å². The van der Waals surface area contributed by atoms with Crippen LogP contribution >= 0.6 is 0 Å². The number of rotatable bonds is 5.